The molecule has 2 unspecified atom stereocenters. The molecule has 1 heterocycles. The Hall–Kier alpha value is -2.12. The summed E-state index contributed by atoms with van der Waals surface area (Å²) >= 11 is 0. The van der Waals surface area contributed by atoms with Crippen molar-refractivity contribution in [1.82, 2.24) is 10.3 Å². The van der Waals surface area contributed by atoms with Crippen LogP contribution < -0.4 is 16.1 Å². The van der Waals surface area contributed by atoms with Crippen molar-refractivity contribution in [1.29, 1.82) is 0 Å². The molecular weight excluding hydrogens is 320 g/mol. The van der Waals surface area contributed by atoms with Crippen molar-refractivity contribution < 1.29 is 14.3 Å². The zero-order chi connectivity index (χ0) is 18.8. The van der Waals surface area contributed by atoms with E-state index in [0.717, 1.165) is 5.69 Å². The fourth-order valence-electron chi connectivity index (χ4n) is 2.95. The Bertz CT molecular complexity index is 614. The molecule has 2 amide bonds. The number of hydrogen-bond acceptors (Lipinski definition) is 5. The quantitative estimate of drug-likeness (QED) is 0.867. The summed E-state index contributed by atoms with van der Waals surface area (Å²) in [6.07, 6.45) is 0.0619. The van der Waals surface area contributed by atoms with Gasteiger partial charge in [-0.1, -0.05) is 18.2 Å². The van der Waals surface area contributed by atoms with E-state index in [1.165, 1.54) is 0 Å². The Morgan fingerprint density at radius 1 is 1.32 bits per heavy atom. The minimum Gasteiger partial charge on any atom is -0.444 e. The number of amides is 2. The van der Waals surface area contributed by atoms with Crippen molar-refractivity contribution in [2.75, 3.05) is 12.1 Å². The number of anilines is 1. The van der Waals surface area contributed by atoms with Crippen LogP contribution in [-0.4, -0.2) is 47.8 Å². The standard InChI is InChI=1S/C18H28N4O3/c1-12(20-17(24)25-18(2,3)4)11-14-15(19)16(23)22(21(14)5)13-9-7-6-8-10-13/h6-10,12,14-15H,11,19H2,1-5H3,(H,20,24)/t12-,14?,15?/m1/s1. The highest BCUT2D eigenvalue weighted by Crippen LogP contribution is 2.27. The van der Waals surface area contributed by atoms with E-state index in [4.69, 9.17) is 10.5 Å². The molecule has 1 aliphatic heterocycles. The first-order valence-corrected chi connectivity index (χ1v) is 8.47. The van der Waals surface area contributed by atoms with Crippen molar-refractivity contribution in [3.63, 3.8) is 0 Å². The third-order valence-corrected chi connectivity index (χ3v) is 4.06. The zero-order valence-electron chi connectivity index (χ0n) is 15.5. The molecule has 138 valence electrons. The van der Waals surface area contributed by atoms with Gasteiger partial charge < -0.3 is 15.8 Å². The summed E-state index contributed by atoms with van der Waals surface area (Å²) in [7, 11) is 1.84. The van der Waals surface area contributed by atoms with Gasteiger partial charge in [-0.2, -0.15) is 0 Å². The van der Waals surface area contributed by atoms with Gasteiger partial charge in [-0.05, 0) is 46.2 Å². The van der Waals surface area contributed by atoms with Crippen LogP contribution in [0.1, 0.15) is 34.1 Å². The van der Waals surface area contributed by atoms with Gasteiger partial charge in [-0.15, -0.1) is 0 Å². The van der Waals surface area contributed by atoms with Gasteiger partial charge in [0, 0.05) is 13.1 Å². The van der Waals surface area contributed by atoms with E-state index >= 15 is 0 Å². The maximum Gasteiger partial charge on any atom is 0.407 e. The second-order valence-corrected chi connectivity index (χ2v) is 7.44. The van der Waals surface area contributed by atoms with Gasteiger partial charge >= 0.3 is 6.09 Å². The lowest BCUT2D eigenvalue weighted by atomic mass is 10.0. The number of likely N-dealkylation sites (N-methyl/N-ethyl adjacent to an activating group) is 1. The lowest BCUT2D eigenvalue weighted by Crippen LogP contribution is -2.46. The number of para-hydroxylation sites is 1. The summed E-state index contributed by atoms with van der Waals surface area (Å²) in [6, 6.07) is 8.35. The van der Waals surface area contributed by atoms with Crippen LogP contribution >= 0.6 is 0 Å². The summed E-state index contributed by atoms with van der Waals surface area (Å²) in [5.74, 6) is -0.150. The number of alkyl carbamates (subject to hydrolysis) is 1. The van der Waals surface area contributed by atoms with E-state index in [1.807, 2.05) is 70.1 Å². The Morgan fingerprint density at radius 3 is 2.48 bits per heavy atom. The highest BCUT2D eigenvalue weighted by molar-refractivity contribution is 5.99. The van der Waals surface area contributed by atoms with Crippen molar-refractivity contribution in [2.45, 2.75) is 57.8 Å². The van der Waals surface area contributed by atoms with E-state index in [-0.39, 0.29) is 18.0 Å². The number of hydrogen-bond donors (Lipinski definition) is 2. The van der Waals surface area contributed by atoms with Crippen molar-refractivity contribution in [3.05, 3.63) is 30.3 Å². The molecule has 0 bridgehead atoms. The third kappa shape index (κ3) is 4.70. The first kappa shape index (κ1) is 19.2. The second kappa shape index (κ2) is 7.41. The van der Waals surface area contributed by atoms with Crippen molar-refractivity contribution in [3.8, 4) is 0 Å². The van der Waals surface area contributed by atoms with Crippen LogP contribution in [0.5, 0.6) is 0 Å². The predicted octanol–water partition coefficient (Wildman–Crippen LogP) is 1.88. The summed E-state index contributed by atoms with van der Waals surface area (Å²) in [4.78, 5) is 24.5. The summed E-state index contributed by atoms with van der Waals surface area (Å²) in [5.41, 5.74) is 6.37. The number of nitrogens with zero attached hydrogens (tertiary/aromatic N) is 2. The van der Waals surface area contributed by atoms with E-state index in [9.17, 15) is 9.59 Å². The molecule has 7 nitrogen and oxygen atoms in total. The number of benzene rings is 1. The molecule has 1 aromatic rings. The van der Waals surface area contributed by atoms with Gasteiger partial charge in [-0.3, -0.25) is 4.79 Å². The Morgan fingerprint density at radius 2 is 1.92 bits per heavy atom. The van der Waals surface area contributed by atoms with E-state index < -0.39 is 17.7 Å². The SMILES string of the molecule is C[C@H](CC1C(N)C(=O)N(c2ccccc2)N1C)NC(=O)OC(C)(C)C. The van der Waals surface area contributed by atoms with Crippen LogP contribution in [-0.2, 0) is 9.53 Å². The monoisotopic (exact) mass is 348 g/mol. The maximum atomic E-state index is 12.6. The fourth-order valence-corrected chi connectivity index (χ4v) is 2.95. The first-order chi connectivity index (χ1) is 11.6. The van der Waals surface area contributed by atoms with E-state index in [1.54, 1.807) is 5.01 Å². The van der Waals surface area contributed by atoms with Crippen LogP contribution in [0.15, 0.2) is 30.3 Å². The Balaban J connectivity index is 2.02. The van der Waals surface area contributed by atoms with Crippen LogP contribution in [0.3, 0.4) is 0 Å². The second-order valence-electron chi connectivity index (χ2n) is 7.44. The van der Waals surface area contributed by atoms with Crippen LogP contribution in [0.4, 0.5) is 10.5 Å². The smallest absolute Gasteiger partial charge is 0.407 e. The number of ether oxygens (including phenoxy) is 1. The largest absolute Gasteiger partial charge is 0.444 e. The highest BCUT2D eigenvalue weighted by Gasteiger charge is 2.43. The van der Waals surface area contributed by atoms with Gasteiger partial charge in [0.25, 0.3) is 5.91 Å². The molecule has 0 saturated carbocycles. The topological polar surface area (TPSA) is 87.9 Å². The zero-order valence-corrected chi connectivity index (χ0v) is 15.5. The first-order valence-electron chi connectivity index (χ1n) is 8.47. The van der Waals surface area contributed by atoms with Crippen LogP contribution in [0, 0.1) is 0 Å². The lowest BCUT2D eigenvalue weighted by Gasteiger charge is -2.30. The molecule has 1 saturated heterocycles. The molecule has 3 atom stereocenters. The Kier molecular flexibility index (Phi) is 5.69. The van der Waals surface area contributed by atoms with E-state index in [0.29, 0.717) is 6.42 Å². The molecule has 1 aromatic carbocycles. The molecule has 7 heteroatoms. The Labute approximate surface area is 149 Å². The van der Waals surface area contributed by atoms with Gasteiger partial charge in [0.05, 0.1) is 11.7 Å². The molecule has 0 spiro atoms. The maximum absolute atomic E-state index is 12.6. The number of nitrogens with one attached hydrogen (secondary N) is 1. The van der Waals surface area contributed by atoms with Crippen LogP contribution in [0.2, 0.25) is 0 Å². The molecule has 0 aromatic heterocycles. The molecule has 0 radical (unpaired) electrons. The molecule has 2 rings (SSSR count). The van der Waals surface area contributed by atoms with Gasteiger partial charge in [-0.25, -0.2) is 14.8 Å². The molecular formula is C18H28N4O3. The van der Waals surface area contributed by atoms with Crippen LogP contribution in [0.25, 0.3) is 0 Å². The van der Waals surface area contributed by atoms with Crippen molar-refractivity contribution in [2.24, 2.45) is 5.73 Å². The minimum atomic E-state index is -0.645. The molecule has 3 N–H and O–H groups in total. The number of carbonyl (C=O) groups excluding carboxylic acids is 2. The average Bonchev–Trinajstić information content (AvgIpc) is 2.70. The fraction of sp³-hybridized carbons (Fsp3) is 0.556. The predicted molar refractivity (Wildman–Crippen MR) is 96.9 cm³/mol. The molecule has 25 heavy (non-hydrogen) atoms. The molecule has 1 fully saturated rings. The minimum absolute atomic E-state index is 0.150. The van der Waals surface area contributed by atoms with Gasteiger partial charge in [0.2, 0.25) is 0 Å². The number of hydrazine groups is 1. The summed E-state index contributed by atoms with van der Waals surface area (Å²) in [5, 5.41) is 6.24. The van der Waals surface area contributed by atoms with Gasteiger partial charge in [0.15, 0.2) is 0 Å². The summed E-state index contributed by atoms with van der Waals surface area (Å²) in [6.45, 7) is 7.32. The third-order valence-electron chi connectivity index (χ3n) is 4.06. The summed E-state index contributed by atoms with van der Waals surface area (Å²) < 4.78 is 5.27. The average molecular weight is 348 g/mol. The normalized spacial score (nSPS) is 22.8. The highest BCUT2D eigenvalue weighted by atomic mass is 16.6. The number of carbonyl (C=O) groups is 2. The number of nitrogens with two attached hydrogens (primary N) is 1. The van der Waals surface area contributed by atoms with Gasteiger partial charge in [0.1, 0.15) is 11.6 Å². The molecule has 0 aliphatic carbocycles. The number of rotatable bonds is 4. The molecule has 1 aliphatic rings. The lowest BCUT2D eigenvalue weighted by molar-refractivity contribution is -0.118. The van der Waals surface area contributed by atoms with E-state index in [2.05, 4.69) is 5.32 Å². The van der Waals surface area contributed by atoms with Crippen molar-refractivity contribution >= 4 is 17.7 Å².